The number of benzene rings is 3. The topological polar surface area (TPSA) is 67.4 Å². The molecule has 0 fully saturated rings. The zero-order valence-electron chi connectivity index (χ0n) is 17.0. The number of carbonyl (C=O) groups is 2. The van der Waals surface area contributed by atoms with E-state index in [1.165, 1.54) is 0 Å². The summed E-state index contributed by atoms with van der Waals surface area (Å²) in [6, 6.07) is 25.9. The summed E-state index contributed by atoms with van der Waals surface area (Å²) in [7, 11) is 0. The van der Waals surface area contributed by atoms with Gasteiger partial charge in [-0.1, -0.05) is 48.5 Å². The molecule has 3 rings (SSSR count). The van der Waals surface area contributed by atoms with Crippen LogP contribution in [0.4, 0.5) is 5.69 Å². The van der Waals surface area contributed by atoms with Gasteiger partial charge in [-0.3, -0.25) is 9.59 Å². The predicted octanol–water partition coefficient (Wildman–Crippen LogP) is 4.84. The largest absolute Gasteiger partial charge is 0.374 e. The van der Waals surface area contributed by atoms with Crippen molar-refractivity contribution in [3.8, 4) is 0 Å². The van der Waals surface area contributed by atoms with Gasteiger partial charge in [0.05, 0.1) is 6.10 Å². The Morgan fingerprint density at radius 3 is 2.07 bits per heavy atom. The maximum absolute atomic E-state index is 12.3. The lowest BCUT2D eigenvalue weighted by Gasteiger charge is -2.13. The van der Waals surface area contributed by atoms with Gasteiger partial charge in [0.15, 0.2) is 0 Å². The van der Waals surface area contributed by atoms with E-state index in [4.69, 9.17) is 4.74 Å². The summed E-state index contributed by atoms with van der Waals surface area (Å²) in [5.74, 6) is -0.329. The molecule has 154 valence electrons. The summed E-state index contributed by atoms with van der Waals surface area (Å²) in [4.78, 5) is 24.5. The van der Waals surface area contributed by atoms with Crippen LogP contribution in [0.15, 0.2) is 84.9 Å². The monoisotopic (exact) mass is 402 g/mol. The summed E-state index contributed by atoms with van der Waals surface area (Å²) in [5.41, 5.74) is 2.92. The van der Waals surface area contributed by atoms with Gasteiger partial charge in [-0.05, 0) is 55.3 Å². The molecule has 2 amide bonds. The SMILES string of the molecule is C[C@H](OCCCNC(=O)c1ccc(NC(=O)c2ccccc2)cc1)c1ccccc1. The molecule has 0 aliphatic heterocycles. The smallest absolute Gasteiger partial charge is 0.255 e. The van der Waals surface area contributed by atoms with E-state index in [0.717, 1.165) is 12.0 Å². The molecule has 0 bridgehead atoms. The molecular weight excluding hydrogens is 376 g/mol. The van der Waals surface area contributed by atoms with Gasteiger partial charge < -0.3 is 15.4 Å². The number of amides is 2. The summed E-state index contributed by atoms with van der Waals surface area (Å²) in [5, 5.41) is 5.71. The molecule has 0 unspecified atom stereocenters. The molecule has 2 N–H and O–H groups in total. The van der Waals surface area contributed by atoms with E-state index in [0.29, 0.717) is 30.0 Å². The molecular formula is C25H26N2O3. The van der Waals surface area contributed by atoms with E-state index >= 15 is 0 Å². The summed E-state index contributed by atoms with van der Waals surface area (Å²) >= 11 is 0. The van der Waals surface area contributed by atoms with Gasteiger partial charge in [0, 0.05) is 30.0 Å². The highest BCUT2D eigenvalue weighted by Gasteiger charge is 2.08. The number of ether oxygens (including phenoxy) is 1. The number of nitrogens with one attached hydrogen (secondary N) is 2. The summed E-state index contributed by atoms with van der Waals surface area (Å²) in [6.45, 7) is 3.12. The van der Waals surface area contributed by atoms with Crippen molar-refractivity contribution in [1.82, 2.24) is 5.32 Å². The van der Waals surface area contributed by atoms with Crippen molar-refractivity contribution >= 4 is 17.5 Å². The van der Waals surface area contributed by atoms with E-state index in [-0.39, 0.29) is 17.9 Å². The second-order valence-electron chi connectivity index (χ2n) is 6.93. The van der Waals surface area contributed by atoms with Crippen LogP contribution in [0, 0.1) is 0 Å². The number of anilines is 1. The Morgan fingerprint density at radius 2 is 1.40 bits per heavy atom. The maximum atomic E-state index is 12.3. The Kier molecular flexibility index (Phi) is 7.75. The minimum absolute atomic E-state index is 0.0283. The van der Waals surface area contributed by atoms with Crippen molar-refractivity contribution in [2.45, 2.75) is 19.4 Å². The van der Waals surface area contributed by atoms with Gasteiger partial charge >= 0.3 is 0 Å². The van der Waals surface area contributed by atoms with Crippen LogP contribution in [0.5, 0.6) is 0 Å². The third-order valence-electron chi connectivity index (χ3n) is 4.68. The molecule has 0 aliphatic rings. The molecule has 0 aliphatic carbocycles. The second-order valence-corrected chi connectivity index (χ2v) is 6.93. The highest BCUT2D eigenvalue weighted by atomic mass is 16.5. The lowest BCUT2D eigenvalue weighted by Crippen LogP contribution is -2.25. The van der Waals surface area contributed by atoms with Gasteiger partial charge in [0.25, 0.3) is 11.8 Å². The minimum Gasteiger partial charge on any atom is -0.374 e. The van der Waals surface area contributed by atoms with E-state index in [1.54, 1.807) is 36.4 Å². The first-order valence-corrected chi connectivity index (χ1v) is 10.0. The Labute approximate surface area is 177 Å². The van der Waals surface area contributed by atoms with Crippen LogP contribution >= 0.6 is 0 Å². The average molecular weight is 402 g/mol. The quantitative estimate of drug-likeness (QED) is 0.504. The molecule has 0 radical (unpaired) electrons. The third-order valence-corrected chi connectivity index (χ3v) is 4.68. The first-order valence-electron chi connectivity index (χ1n) is 10.0. The fourth-order valence-electron chi connectivity index (χ4n) is 2.95. The standard InChI is InChI=1S/C25H26N2O3/c1-19(20-9-4-2-5-10-20)30-18-8-17-26-24(28)22-13-15-23(16-14-22)27-25(29)21-11-6-3-7-12-21/h2-7,9-16,19H,8,17-18H2,1H3,(H,26,28)(H,27,29)/t19-/m0/s1. The normalized spacial score (nSPS) is 11.5. The number of hydrogen-bond donors (Lipinski definition) is 2. The lowest BCUT2D eigenvalue weighted by atomic mass is 10.1. The Bertz CT molecular complexity index is 941. The number of rotatable bonds is 9. The molecule has 1 atom stereocenters. The van der Waals surface area contributed by atoms with Crippen molar-refractivity contribution in [2.75, 3.05) is 18.5 Å². The molecule has 0 heterocycles. The van der Waals surface area contributed by atoms with Crippen molar-refractivity contribution in [3.05, 3.63) is 102 Å². The zero-order chi connectivity index (χ0) is 21.2. The lowest BCUT2D eigenvalue weighted by molar-refractivity contribution is 0.0635. The molecule has 0 saturated heterocycles. The Morgan fingerprint density at radius 1 is 0.800 bits per heavy atom. The Balaban J connectivity index is 1.39. The van der Waals surface area contributed by atoms with Crippen molar-refractivity contribution < 1.29 is 14.3 Å². The third kappa shape index (κ3) is 6.29. The van der Waals surface area contributed by atoms with Crippen LogP contribution in [-0.4, -0.2) is 25.0 Å². The highest BCUT2D eigenvalue weighted by Crippen LogP contribution is 2.16. The van der Waals surface area contributed by atoms with E-state index in [9.17, 15) is 9.59 Å². The molecule has 0 saturated carbocycles. The van der Waals surface area contributed by atoms with Crippen molar-refractivity contribution in [3.63, 3.8) is 0 Å². The fourth-order valence-corrected chi connectivity index (χ4v) is 2.95. The van der Waals surface area contributed by atoms with Crippen LogP contribution in [0.3, 0.4) is 0 Å². The van der Waals surface area contributed by atoms with Gasteiger partial charge in [0.1, 0.15) is 0 Å². The van der Waals surface area contributed by atoms with Gasteiger partial charge in [-0.25, -0.2) is 0 Å². The molecule has 0 spiro atoms. The zero-order valence-corrected chi connectivity index (χ0v) is 17.0. The first kappa shape index (κ1) is 21.3. The molecule has 30 heavy (non-hydrogen) atoms. The van der Waals surface area contributed by atoms with Gasteiger partial charge in [0.2, 0.25) is 0 Å². The maximum Gasteiger partial charge on any atom is 0.255 e. The van der Waals surface area contributed by atoms with Crippen molar-refractivity contribution in [1.29, 1.82) is 0 Å². The molecule has 3 aromatic carbocycles. The molecule has 5 nitrogen and oxygen atoms in total. The van der Waals surface area contributed by atoms with Gasteiger partial charge in [-0.15, -0.1) is 0 Å². The molecule has 0 aromatic heterocycles. The number of hydrogen-bond acceptors (Lipinski definition) is 3. The second kappa shape index (κ2) is 10.9. The average Bonchev–Trinajstić information content (AvgIpc) is 2.80. The van der Waals surface area contributed by atoms with Crippen LogP contribution < -0.4 is 10.6 Å². The van der Waals surface area contributed by atoms with Gasteiger partial charge in [-0.2, -0.15) is 0 Å². The fraction of sp³-hybridized carbons (Fsp3) is 0.200. The number of carbonyl (C=O) groups excluding carboxylic acids is 2. The van der Waals surface area contributed by atoms with Crippen LogP contribution in [0.2, 0.25) is 0 Å². The minimum atomic E-state index is -0.183. The van der Waals surface area contributed by atoms with E-state index in [2.05, 4.69) is 10.6 Å². The highest BCUT2D eigenvalue weighted by molar-refractivity contribution is 6.04. The van der Waals surface area contributed by atoms with E-state index in [1.807, 2.05) is 55.5 Å². The van der Waals surface area contributed by atoms with Crippen LogP contribution in [0.25, 0.3) is 0 Å². The Hall–Kier alpha value is -3.44. The predicted molar refractivity (Wildman–Crippen MR) is 119 cm³/mol. The summed E-state index contributed by atoms with van der Waals surface area (Å²) in [6.07, 6.45) is 0.759. The first-order chi connectivity index (χ1) is 14.6. The van der Waals surface area contributed by atoms with Crippen LogP contribution in [0.1, 0.15) is 45.7 Å². The summed E-state index contributed by atoms with van der Waals surface area (Å²) < 4.78 is 5.81. The molecule has 3 aromatic rings. The molecule has 5 heteroatoms. The van der Waals surface area contributed by atoms with E-state index < -0.39 is 0 Å². The van der Waals surface area contributed by atoms with Crippen LogP contribution in [-0.2, 0) is 4.74 Å². The van der Waals surface area contributed by atoms with Crippen molar-refractivity contribution in [2.24, 2.45) is 0 Å².